The standard InChI is InChI=1S/C16H21NO4/c1-5-10-21-12-8-6-11(7-9-12)14(18)17-13(15(19)20)16(2,3)4/h5-9,13H,1,10H2,2-4H3,(H,17,18)(H,19,20). The van der Waals surface area contributed by atoms with Crippen molar-refractivity contribution in [2.24, 2.45) is 5.41 Å². The van der Waals surface area contributed by atoms with Crippen LogP contribution in [0.4, 0.5) is 0 Å². The van der Waals surface area contributed by atoms with Crippen molar-refractivity contribution in [2.75, 3.05) is 6.61 Å². The van der Waals surface area contributed by atoms with Crippen molar-refractivity contribution >= 4 is 11.9 Å². The molecule has 1 aromatic carbocycles. The van der Waals surface area contributed by atoms with E-state index >= 15 is 0 Å². The number of rotatable bonds is 6. The fourth-order valence-corrected chi connectivity index (χ4v) is 1.72. The Hall–Kier alpha value is -2.30. The molecule has 1 atom stereocenters. The second-order valence-electron chi connectivity index (χ2n) is 5.73. The lowest BCUT2D eigenvalue weighted by molar-refractivity contribution is -0.142. The third kappa shape index (κ3) is 4.95. The predicted octanol–water partition coefficient (Wildman–Crippen LogP) is 2.48. The fourth-order valence-electron chi connectivity index (χ4n) is 1.72. The summed E-state index contributed by atoms with van der Waals surface area (Å²) in [4.78, 5) is 23.3. The predicted molar refractivity (Wildman–Crippen MR) is 80.5 cm³/mol. The normalized spacial score (nSPS) is 12.3. The van der Waals surface area contributed by atoms with Crippen molar-refractivity contribution in [1.82, 2.24) is 5.32 Å². The highest BCUT2D eigenvalue weighted by molar-refractivity contribution is 5.96. The molecule has 0 saturated carbocycles. The molecule has 1 amide bonds. The molecule has 0 saturated heterocycles. The van der Waals surface area contributed by atoms with Gasteiger partial charge in [-0.15, -0.1) is 0 Å². The molecule has 2 N–H and O–H groups in total. The monoisotopic (exact) mass is 291 g/mol. The van der Waals surface area contributed by atoms with E-state index < -0.39 is 23.3 Å². The summed E-state index contributed by atoms with van der Waals surface area (Å²) in [6.45, 7) is 9.22. The molecule has 0 aliphatic heterocycles. The lowest BCUT2D eigenvalue weighted by atomic mass is 9.86. The van der Waals surface area contributed by atoms with Gasteiger partial charge in [-0.25, -0.2) is 4.79 Å². The summed E-state index contributed by atoms with van der Waals surface area (Å²) in [6, 6.07) is 5.54. The molecular weight excluding hydrogens is 270 g/mol. The number of carboxylic acids is 1. The van der Waals surface area contributed by atoms with Crippen molar-refractivity contribution in [2.45, 2.75) is 26.8 Å². The van der Waals surface area contributed by atoms with Crippen LogP contribution in [0.3, 0.4) is 0 Å². The number of hydrogen-bond acceptors (Lipinski definition) is 3. The Morgan fingerprint density at radius 2 is 1.90 bits per heavy atom. The van der Waals surface area contributed by atoms with Crippen LogP contribution < -0.4 is 10.1 Å². The second-order valence-corrected chi connectivity index (χ2v) is 5.73. The van der Waals surface area contributed by atoms with Crippen LogP contribution in [0.2, 0.25) is 0 Å². The minimum absolute atomic E-state index is 0.386. The maximum Gasteiger partial charge on any atom is 0.326 e. The minimum Gasteiger partial charge on any atom is -0.490 e. The van der Waals surface area contributed by atoms with Gasteiger partial charge in [0.25, 0.3) is 5.91 Å². The van der Waals surface area contributed by atoms with Crippen molar-refractivity contribution in [1.29, 1.82) is 0 Å². The molecule has 0 radical (unpaired) electrons. The third-order valence-electron chi connectivity index (χ3n) is 2.87. The second kappa shape index (κ2) is 6.92. The molecule has 5 nitrogen and oxygen atoms in total. The molecule has 1 aromatic rings. The highest BCUT2D eigenvalue weighted by Gasteiger charge is 2.32. The van der Waals surface area contributed by atoms with Gasteiger partial charge in [0, 0.05) is 5.56 Å². The summed E-state index contributed by atoms with van der Waals surface area (Å²) in [7, 11) is 0. The molecule has 0 fully saturated rings. The van der Waals surface area contributed by atoms with Crippen LogP contribution in [-0.2, 0) is 4.79 Å². The Bertz CT molecular complexity index is 514. The van der Waals surface area contributed by atoms with Gasteiger partial charge < -0.3 is 15.2 Å². The third-order valence-corrected chi connectivity index (χ3v) is 2.87. The fraction of sp³-hybridized carbons (Fsp3) is 0.375. The summed E-state index contributed by atoms with van der Waals surface area (Å²) >= 11 is 0. The zero-order valence-corrected chi connectivity index (χ0v) is 12.6. The van der Waals surface area contributed by atoms with Crippen LogP contribution in [0.15, 0.2) is 36.9 Å². The number of carbonyl (C=O) groups is 2. The zero-order valence-electron chi connectivity index (χ0n) is 12.6. The van der Waals surface area contributed by atoms with E-state index in [0.717, 1.165) is 0 Å². The Balaban J connectivity index is 2.79. The molecular formula is C16H21NO4. The first kappa shape index (κ1) is 16.8. The van der Waals surface area contributed by atoms with Gasteiger partial charge in [-0.05, 0) is 29.7 Å². The van der Waals surface area contributed by atoms with Gasteiger partial charge >= 0.3 is 5.97 Å². The average Bonchev–Trinajstić information content (AvgIpc) is 2.41. The quantitative estimate of drug-likeness (QED) is 0.790. The number of carboxylic acid groups (broad SMARTS) is 1. The summed E-state index contributed by atoms with van der Waals surface area (Å²) in [6.07, 6.45) is 1.63. The Labute approximate surface area is 124 Å². The highest BCUT2D eigenvalue weighted by atomic mass is 16.5. The van der Waals surface area contributed by atoms with E-state index in [1.165, 1.54) is 0 Å². The van der Waals surface area contributed by atoms with E-state index in [1.54, 1.807) is 51.1 Å². The SMILES string of the molecule is C=CCOc1ccc(C(=O)NC(C(=O)O)C(C)(C)C)cc1. The molecule has 0 bridgehead atoms. The average molecular weight is 291 g/mol. The Kier molecular flexibility index (Phi) is 5.52. The number of ether oxygens (including phenoxy) is 1. The van der Waals surface area contributed by atoms with E-state index in [4.69, 9.17) is 4.74 Å². The first-order valence-electron chi connectivity index (χ1n) is 6.63. The van der Waals surface area contributed by atoms with Gasteiger partial charge in [-0.2, -0.15) is 0 Å². The minimum atomic E-state index is -1.05. The van der Waals surface area contributed by atoms with Crippen molar-refractivity contribution in [3.05, 3.63) is 42.5 Å². The van der Waals surface area contributed by atoms with Crippen LogP contribution in [0.1, 0.15) is 31.1 Å². The number of aliphatic carboxylic acids is 1. The molecule has 0 heterocycles. The van der Waals surface area contributed by atoms with E-state index in [0.29, 0.717) is 17.9 Å². The van der Waals surface area contributed by atoms with Gasteiger partial charge in [0.2, 0.25) is 0 Å². The molecule has 1 rings (SSSR count). The molecule has 5 heteroatoms. The molecule has 21 heavy (non-hydrogen) atoms. The van der Waals surface area contributed by atoms with Crippen molar-refractivity contribution in [3.8, 4) is 5.75 Å². The smallest absolute Gasteiger partial charge is 0.326 e. The first-order valence-corrected chi connectivity index (χ1v) is 6.63. The molecule has 0 aliphatic carbocycles. The lowest BCUT2D eigenvalue weighted by Gasteiger charge is -2.27. The van der Waals surface area contributed by atoms with Crippen LogP contribution in [0, 0.1) is 5.41 Å². The van der Waals surface area contributed by atoms with E-state index in [1.807, 2.05) is 0 Å². The van der Waals surface area contributed by atoms with Gasteiger partial charge in [0.05, 0.1) is 0 Å². The molecule has 0 aromatic heterocycles. The van der Waals surface area contributed by atoms with Gasteiger partial charge in [0.15, 0.2) is 0 Å². The van der Waals surface area contributed by atoms with E-state index in [-0.39, 0.29) is 0 Å². The summed E-state index contributed by atoms with van der Waals surface area (Å²) in [5.74, 6) is -0.855. The van der Waals surface area contributed by atoms with Gasteiger partial charge in [0.1, 0.15) is 18.4 Å². The molecule has 0 aliphatic rings. The summed E-state index contributed by atoms with van der Waals surface area (Å²) in [5, 5.41) is 11.7. The lowest BCUT2D eigenvalue weighted by Crippen LogP contribution is -2.49. The van der Waals surface area contributed by atoms with Crippen molar-refractivity contribution < 1.29 is 19.4 Å². The van der Waals surface area contributed by atoms with E-state index in [9.17, 15) is 14.7 Å². The van der Waals surface area contributed by atoms with Crippen LogP contribution in [0.5, 0.6) is 5.75 Å². The van der Waals surface area contributed by atoms with E-state index in [2.05, 4.69) is 11.9 Å². The van der Waals surface area contributed by atoms with Crippen molar-refractivity contribution in [3.63, 3.8) is 0 Å². The summed E-state index contributed by atoms with van der Waals surface area (Å²) in [5.41, 5.74) is -0.189. The molecule has 0 spiro atoms. The first-order chi connectivity index (χ1) is 9.75. The molecule has 1 unspecified atom stereocenters. The van der Waals surface area contributed by atoms with Gasteiger partial charge in [-0.1, -0.05) is 33.4 Å². The van der Waals surface area contributed by atoms with Gasteiger partial charge in [-0.3, -0.25) is 4.79 Å². The molecule has 114 valence electrons. The van der Waals surface area contributed by atoms with Crippen LogP contribution in [0.25, 0.3) is 0 Å². The number of hydrogen-bond donors (Lipinski definition) is 2. The highest BCUT2D eigenvalue weighted by Crippen LogP contribution is 2.20. The largest absolute Gasteiger partial charge is 0.490 e. The Morgan fingerprint density at radius 1 is 1.33 bits per heavy atom. The summed E-state index contributed by atoms with van der Waals surface area (Å²) < 4.78 is 5.32. The topological polar surface area (TPSA) is 75.6 Å². The number of benzene rings is 1. The number of nitrogens with one attached hydrogen (secondary N) is 1. The maximum atomic E-state index is 12.1. The zero-order chi connectivity index (χ0) is 16.0. The Morgan fingerprint density at radius 3 is 2.33 bits per heavy atom. The van der Waals surface area contributed by atoms with Crippen LogP contribution in [-0.4, -0.2) is 29.6 Å². The van der Waals surface area contributed by atoms with Crippen LogP contribution >= 0.6 is 0 Å². The number of carbonyl (C=O) groups excluding carboxylic acids is 1. The maximum absolute atomic E-state index is 12.1. The number of amides is 1.